The second kappa shape index (κ2) is 8.66. The van der Waals surface area contributed by atoms with Gasteiger partial charge in [0.25, 0.3) is 0 Å². The van der Waals surface area contributed by atoms with Crippen molar-refractivity contribution >= 4 is 11.6 Å². The Bertz CT molecular complexity index is 613. The van der Waals surface area contributed by atoms with Gasteiger partial charge >= 0.3 is 0 Å². The van der Waals surface area contributed by atoms with Crippen LogP contribution in [0.15, 0.2) is 54.6 Å². The topological polar surface area (TPSA) is 12.5 Å². The largest absolute Gasteiger partial charge is 0.373 e. The van der Waals surface area contributed by atoms with Crippen molar-refractivity contribution < 1.29 is 4.74 Å². The van der Waals surface area contributed by atoms with Crippen molar-refractivity contribution in [3.63, 3.8) is 0 Å². The molecule has 2 nitrogen and oxygen atoms in total. The Morgan fingerprint density at radius 1 is 1.12 bits per heavy atom. The molecule has 0 spiro atoms. The van der Waals surface area contributed by atoms with Gasteiger partial charge in [-0.15, -0.1) is 0 Å². The molecule has 24 heavy (non-hydrogen) atoms. The Labute approximate surface area is 150 Å². The van der Waals surface area contributed by atoms with E-state index in [4.69, 9.17) is 16.3 Å². The highest BCUT2D eigenvalue weighted by molar-refractivity contribution is 6.30. The normalized spacial score (nSPS) is 19.5. The van der Waals surface area contributed by atoms with Crippen LogP contribution >= 0.6 is 11.6 Å². The highest BCUT2D eigenvalue weighted by Gasteiger charge is 2.21. The molecule has 1 aliphatic rings. The number of halogens is 1. The standard InChI is InChI=1S/C21H26ClNO/c1-23-14-5-8-20(23)13-15-24-21(16-17-6-3-2-4-7-17)18-9-11-19(22)12-10-18/h2-4,6-7,9-12,20-21H,5,8,13-16H2,1H3. The molecule has 0 aliphatic carbocycles. The van der Waals surface area contributed by atoms with Crippen LogP contribution in [-0.4, -0.2) is 31.1 Å². The summed E-state index contributed by atoms with van der Waals surface area (Å²) < 4.78 is 6.31. The Hall–Kier alpha value is -1.35. The Balaban J connectivity index is 1.63. The van der Waals surface area contributed by atoms with Crippen LogP contribution < -0.4 is 0 Å². The van der Waals surface area contributed by atoms with Crippen molar-refractivity contribution in [2.24, 2.45) is 0 Å². The fourth-order valence-electron chi connectivity index (χ4n) is 3.47. The molecule has 0 saturated carbocycles. The summed E-state index contributed by atoms with van der Waals surface area (Å²) in [5.74, 6) is 0. The fourth-order valence-corrected chi connectivity index (χ4v) is 3.59. The monoisotopic (exact) mass is 343 g/mol. The molecule has 0 aromatic heterocycles. The molecular weight excluding hydrogens is 318 g/mol. The summed E-state index contributed by atoms with van der Waals surface area (Å²) in [5, 5.41) is 0.768. The van der Waals surface area contributed by atoms with Gasteiger partial charge in [-0.05, 0) is 56.1 Å². The third-order valence-electron chi connectivity index (χ3n) is 4.95. The summed E-state index contributed by atoms with van der Waals surface area (Å²) in [5.41, 5.74) is 2.50. The van der Waals surface area contributed by atoms with E-state index in [1.807, 2.05) is 12.1 Å². The van der Waals surface area contributed by atoms with Crippen molar-refractivity contribution in [2.75, 3.05) is 20.2 Å². The maximum absolute atomic E-state index is 6.31. The Morgan fingerprint density at radius 3 is 2.54 bits per heavy atom. The zero-order valence-corrected chi connectivity index (χ0v) is 15.1. The quantitative estimate of drug-likeness (QED) is 0.691. The number of ether oxygens (including phenoxy) is 1. The van der Waals surface area contributed by atoms with Crippen molar-refractivity contribution in [2.45, 2.75) is 37.8 Å². The Kier molecular flexibility index (Phi) is 6.30. The van der Waals surface area contributed by atoms with Gasteiger partial charge in [0.05, 0.1) is 6.10 Å². The van der Waals surface area contributed by atoms with Crippen LogP contribution in [0.25, 0.3) is 0 Å². The summed E-state index contributed by atoms with van der Waals surface area (Å²) in [6.07, 6.45) is 4.69. The number of hydrogen-bond acceptors (Lipinski definition) is 2. The molecule has 1 fully saturated rings. The third kappa shape index (κ3) is 4.83. The first-order chi connectivity index (χ1) is 11.7. The minimum atomic E-state index is 0.0800. The first-order valence-electron chi connectivity index (χ1n) is 8.83. The van der Waals surface area contributed by atoms with E-state index in [0.29, 0.717) is 6.04 Å². The minimum absolute atomic E-state index is 0.0800. The van der Waals surface area contributed by atoms with Gasteiger partial charge < -0.3 is 9.64 Å². The molecule has 2 aromatic carbocycles. The van der Waals surface area contributed by atoms with E-state index in [2.05, 4.69) is 54.4 Å². The lowest BCUT2D eigenvalue weighted by Gasteiger charge is -2.23. The van der Waals surface area contributed by atoms with Crippen LogP contribution in [0.2, 0.25) is 5.02 Å². The highest BCUT2D eigenvalue weighted by atomic mass is 35.5. The lowest BCUT2D eigenvalue weighted by atomic mass is 10.0. The van der Waals surface area contributed by atoms with Crippen molar-refractivity contribution in [1.29, 1.82) is 0 Å². The first kappa shape index (κ1) is 17.5. The Morgan fingerprint density at radius 2 is 1.88 bits per heavy atom. The van der Waals surface area contributed by atoms with Crippen LogP contribution in [0.4, 0.5) is 0 Å². The van der Waals surface area contributed by atoms with E-state index >= 15 is 0 Å². The maximum atomic E-state index is 6.31. The molecule has 2 atom stereocenters. The van der Waals surface area contributed by atoms with Crippen LogP contribution in [0.3, 0.4) is 0 Å². The van der Waals surface area contributed by atoms with E-state index in [9.17, 15) is 0 Å². The third-order valence-corrected chi connectivity index (χ3v) is 5.20. The molecule has 1 aliphatic heterocycles. The van der Waals surface area contributed by atoms with E-state index in [1.165, 1.54) is 30.5 Å². The molecule has 0 amide bonds. The molecule has 2 unspecified atom stereocenters. The summed E-state index contributed by atoms with van der Waals surface area (Å²) in [4.78, 5) is 2.46. The highest BCUT2D eigenvalue weighted by Crippen LogP contribution is 2.25. The summed E-state index contributed by atoms with van der Waals surface area (Å²) in [6, 6.07) is 19.3. The van der Waals surface area contributed by atoms with Gasteiger partial charge in [0.2, 0.25) is 0 Å². The summed E-state index contributed by atoms with van der Waals surface area (Å²) >= 11 is 6.04. The second-order valence-electron chi connectivity index (χ2n) is 6.67. The van der Waals surface area contributed by atoms with E-state index < -0.39 is 0 Å². The molecule has 3 heteroatoms. The van der Waals surface area contributed by atoms with E-state index in [-0.39, 0.29) is 6.10 Å². The molecule has 1 heterocycles. The number of hydrogen-bond donors (Lipinski definition) is 0. The van der Waals surface area contributed by atoms with Gasteiger partial charge in [-0.2, -0.15) is 0 Å². The molecule has 3 rings (SSSR count). The zero-order chi connectivity index (χ0) is 16.8. The van der Waals surface area contributed by atoms with Gasteiger partial charge in [-0.25, -0.2) is 0 Å². The molecule has 0 bridgehead atoms. The van der Waals surface area contributed by atoms with Crippen LogP contribution in [0.1, 0.15) is 36.5 Å². The van der Waals surface area contributed by atoms with Crippen LogP contribution in [0.5, 0.6) is 0 Å². The molecule has 2 aromatic rings. The predicted molar refractivity (Wildman–Crippen MR) is 101 cm³/mol. The zero-order valence-electron chi connectivity index (χ0n) is 14.3. The lowest BCUT2D eigenvalue weighted by molar-refractivity contribution is 0.0415. The van der Waals surface area contributed by atoms with Crippen molar-refractivity contribution in [3.8, 4) is 0 Å². The number of rotatable bonds is 7. The molecule has 0 radical (unpaired) electrons. The predicted octanol–water partition coefficient (Wildman–Crippen LogP) is 5.12. The summed E-state index contributed by atoms with van der Waals surface area (Å²) in [6.45, 7) is 2.02. The van der Waals surface area contributed by atoms with Gasteiger partial charge in [0.15, 0.2) is 0 Å². The van der Waals surface area contributed by atoms with Crippen LogP contribution in [-0.2, 0) is 11.2 Å². The fraction of sp³-hybridized carbons (Fsp3) is 0.429. The van der Waals surface area contributed by atoms with E-state index in [0.717, 1.165) is 24.5 Å². The first-order valence-corrected chi connectivity index (χ1v) is 9.21. The van der Waals surface area contributed by atoms with Crippen molar-refractivity contribution in [3.05, 3.63) is 70.7 Å². The average molecular weight is 344 g/mol. The smallest absolute Gasteiger partial charge is 0.0865 e. The van der Waals surface area contributed by atoms with Crippen LogP contribution in [0, 0.1) is 0 Å². The summed E-state index contributed by atoms with van der Waals surface area (Å²) in [7, 11) is 2.22. The van der Waals surface area contributed by atoms with Gasteiger partial charge in [-0.1, -0.05) is 54.1 Å². The maximum Gasteiger partial charge on any atom is 0.0865 e. The van der Waals surface area contributed by atoms with Gasteiger partial charge in [-0.3, -0.25) is 0 Å². The number of nitrogens with zero attached hydrogens (tertiary/aromatic N) is 1. The SMILES string of the molecule is CN1CCCC1CCOC(Cc1ccccc1)c1ccc(Cl)cc1. The molecule has 0 N–H and O–H groups in total. The molecule has 1 saturated heterocycles. The lowest BCUT2D eigenvalue weighted by Crippen LogP contribution is -2.26. The average Bonchev–Trinajstić information content (AvgIpc) is 3.01. The number of benzene rings is 2. The van der Waals surface area contributed by atoms with E-state index in [1.54, 1.807) is 0 Å². The van der Waals surface area contributed by atoms with Gasteiger partial charge in [0, 0.05) is 24.1 Å². The minimum Gasteiger partial charge on any atom is -0.373 e. The molecular formula is C21H26ClNO. The van der Waals surface area contributed by atoms with Gasteiger partial charge in [0.1, 0.15) is 0 Å². The second-order valence-corrected chi connectivity index (χ2v) is 7.10. The molecule has 128 valence electrons. The van der Waals surface area contributed by atoms with Crippen molar-refractivity contribution in [1.82, 2.24) is 4.90 Å². The number of likely N-dealkylation sites (tertiary alicyclic amines) is 1.